The number of nitrogens with one attached hydrogen (secondary N) is 2. The Labute approximate surface area is 119 Å². The Bertz CT molecular complexity index is 595. The molecule has 0 saturated heterocycles. The number of hydrogen-bond donors (Lipinski definition) is 2. The van der Waals surface area contributed by atoms with Crippen LogP contribution in [-0.4, -0.2) is 6.54 Å². The first kappa shape index (κ1) is 13.1. The summed E-state index contributed by atoms with van der Waals surface area (Å²) in [5.74, 6) is -0.145. The average Bonchev–Trinajstić information content (AvgIpc) is 2.49. The molecule has 104 valence electrons. The van der Waals surface area contributed by atoms with Crippen molar-refractivity contribution in [2.75, 3.05) is 11.9 Å². The zero-order valence-corrected chi connectivity index (χ0v) is 11.5. The van der Waals surface area contributed by atoms with E-state index in [-0.39, 0.29) is 5.82 Å². The highest BCUT2D eigenvalue weighted by molar-refractivity contribution is 5.59. The van der Waals surface area contributed by atoms with Crippen LogP contribution in [0, 0.1) is 5.82 Å². The van der Waals surface area contributed by atoms with Crippen LogP contribution in [0.15, 0.2) is 42.5 Å². The van der Waals surface area contributed by atoms with Gasteiger partial charge in [0.05, 0.1) is 0 Å². The number of halogens is 1. The van der Waals surface area contributed by atoms with Crippen LogP contribution in [0.5, 0.6) is 0 Å². The van der Waals surface area contributed by atoms with Gasteiger partial charge in [-0.15, -0.1) is 0 Å². The molecular weight excluding hydrogens is 251 g/mol. The van der Waals surface area contributed by atoms with Gasteiger partial charge in [0.15, 0.2) is 0 Å². The molecule has 2 aromatic carbocycles. The molecule has 0 atom stereocenters. The summed E-state index contributed by atoms with van der Waals surface area (Å²) in [6.07, 6.45) is 2.34. The third-order valence-corrected chi connectivity index (χ3v) is 3.75. The van der Waals surface area contributed by atoms with Crippen LogP contribution in [0.1, 0.15) is 23.1 Å². The monoisotopic (exact) mass is 270 g/mol. The van der Waals surface area contributed by atoms with Gasteiger partial charge in [0.2, 0.25) is 0 Å². The smallest absolute Gasteiger partial charge is 0.127 e. The average molecular weight is 270 g/mol. The maximum Gasteiger partial charge on any atom is 0.127 e. The maximum absolute atomic E-state index is 13.5. The molecule has 0 bridgehead atoms. The van der Waals surface area contributed by atoms with E-state index in [1.165, 1.54) is 29.3 Å². The third kappa shape index (κ3) is 2.83. The van der Waals surface area contributed by atoms with E-state index < -0.39 is 0 Å². The fourth-order valence-electron chi connectivity index (χ4n) is 2.70. The summed E-state index contributed by atoms with van der Waals surface area (Å²) in [7, 11) is 0. The highest BCUT2D eigenvalue weighted by atomic mass is 19.1. The van der Waals surface area contributed by atoms with Crippen molar-refractivity contribution in [1.82, 2.24) is 5.32 Å². The lowest BCUT2D eigenvalue weighted by atomic mass is 9.99. The molecule has 0 saturated carbocycles. The third-order valence-electron chi connectivity index (χ3n) is 3.75. The summed E-state index contributed by atoms with van der Waals surface area (Å²) in [5, 5.41) is 6.81. The number of fused-ring (bicyclic) bond motifs is 1. The summed E-state index contributed by atoms with van der Waals surface area (Å²) in [6.45, 7) is 2.35. The van der Waals surface area contributed by atoms with E-state index in [0.717, 1.165) is 19.5 Å². The molecule has 0 aromatic heterocycles. The first-order chi connectivity index (χ1) is 9.84. The van der Waals surface area contributed by atoms with E-state index in [4.69, 9.17) is 0 Å². The minimum Gasteiger partial charge on any atom is -0.385 e. The van der Waals surface area contributed by atoms with Crippen LogP contribution in [-0.2, 0) is 19.5 Å². The molecule has 2 nitrogen and oxygen atoms in total. The number of para-hydroxylation sites is 1. The van der Waals surface area contributed by atoms with E-state index in [1.54, 1.807) is 6.07 Å². The standard InChI is InChI=1S/C17H19FN2/c18-16-9-2-1-5-14(16)11-19-12-15-7-3-6-13-8-4-10-20-17(13)15/h1-3,5-7,9,19-20H,4,8,10-12H2. The van der Waals surface area contributed by atoms with Crippen LogP contribution in [0.2, 0.25) is 0 Å². The number of aryl methyl sites for hydroxylation is 1. The minimum atomic E-state index is -0.145. The van der Waals surface area contributed by atoms with Gasteiger partial charge >= 0.3 is 0 Å². The largest absolute Gasteiger partial charge is 0.385 e. The summed E-state index contributed by atoms with van der Waals surface area (Å²) in [6, 6.07) is 13.3. The molecule has 0 amide bonds. The molecule has 0 fully saturated rings. The van der Waals surface area contributed by atoms with Gasteiger partial charge in [-0.2, -0.15) is 0 Å². The van der Waals surface area contributed by atoms with Crippen LogP contribution >= 0.6 is 0 Å². The van der Waals surface area contributed by atoms with E-state index in [1.807, 2.05) is 12.1 Å². The molecular formula is C17H19FN2. The van der Waals surface area contributed by atoms with Gasteiger partial charge < -0.3 is 10.6 Å². The second kappa shape index (κ2) is 6.06. The zero-order chi connectivity index (χ0) is 13.8. The normalized spacial score (nSPS) is 13.7. The Balaban J connectivity index is 1.66. The molecule has 3 rings (SSSR count). The molecule has 0 unspecified atom stereocenters. The van der Waals surface area contributed by atoms with E-state index in [2.05, 4.69) is 28.8 Å². The van der Waals surface area contributed by atoms with Gasteiger partial charge in [-0.3, -0.25) is 0 Å². The molecule has 0 radical (unpaired) electrons. The molecule has 2 N–H and O–H groups in total. The Hall–Kier alpha value is -1.87. The summed E-state index contributed by atoms with van der Waals surface area (Å²) in [4.78, 5) is 0. The van der Waals surface area contributed by atoms with Crippen molar-refractivity contribution in [3.63, 3.8) is 0 Å². The Morgan fingerprint density at radius 2 is 1.80 bits per heavy atom. The lowest BCUT2D eigenvalue weighted by Gasteiger charge is -2.21. The van der Waals surface area contributed by atoms with Crippen LogP contribution in [0.3, 0.4) is 0 Å². The Kier molecular flexibility index (Phi) is 3.97. The van der Waals surface area contributed by atoms with Gasteiger partial charge in [-0.1, -0.05) is 36.4 Å². The Morgan fingerprint density at radius 1 is 1.00 bits per heavy atom. The number of benzene rings is 2. The second-order valence-corrected chi connectivity index (χ2v) is 5.18. The van der Waals surface area contributed by atoms with Gasteiger partial charge in [0.1, 0.15) is 5.82 Å². The van der Waals surface area contributed by atoms with Gasteiger partial charge in [-0.25, -0.2) is 4.39 Å². The van der Waals surface area contributed by atoms with Crippen molar-refractivity contribution in [3.05, 3.63) is 65.0 Å². The summed E-state index contributed by atoms with van der Waals surface area (Å²) < 4.78 is 13.5. The number of anilines is 1. The van der Waals surface area contributed by atoms with E-state index in [9.17, 15) is 4.39 Å². The molecule has 0 spiro atoms. The fourth-order valence-corrected chi connectivity index (χ4v) is 2.70. The van der Waals surface area contributed by atoms with Crippen molar-refractivity contribution < 1.29 is 4.39 Å². The van der Waals surface area contributed by atoms with Crippen molar-refractivity contribution >= 4 is 5.69 Å². The number of rotatable bonds is 4. The van der Waals surface area contributed by atoms with Crippen LogP contribution in [0.4, 0.5) is 10.1 Å². The lowest BCUT2D eigenvalue weighted by Crippen LogP contribution is -2.18. The second-order valence-electron chi connectivity index (χ2n) is 5.18. The lowest BCUT2D eigenvalue weighted by molar-refractivity contribution is 0.588. The summed E-state index contributed by atoms with van der Waals surface area (Å²) in [5.41, 5.74) is 4.63. The number of hydrogen-bond acceptors (Lipinski definition) is 2. The highest BCUT2D eigenvalue weighted by Crippen LogP contribution is 2.25. The first-order valence-electron chi connectivity index (χ1n) is 7.13. The SMILES string of the molecule is Fc1ccccc1CNCc1cccc2c1NCCC2. The molecule has 1 aliphatic heterocycles. The van der Waals surface area contributed by atoms with Gasteiger partial charge in [0, 0.05) is 30.9 Å². The fraction of sp³-hybridized carbons (Fsp3) is 0.294. The van der Waals surface area contributed by atoms with Crippen molar-refractivity contribution in [3.8, 4) is 0 Å². The zero-order valence-electron chi connectivity index (χ0n) is 11.5. The van der Waals surface area contributed by atoms with Crippen molar-refractivity contribution in [2.45, 2.75) is 25.9 Å². The van der Waals surface area contributed by atoms with E-state index in [0.29, 0.717) is 12.1 Å². The van der Waals surface area contributed by atoms with Crippen molar-refractivity contribution in [2.24, 2.45) is 0 Å². The van der Waals surface area contributed by atoms with Crippen molar-refractivity contribution in [1.29, 1.82) is 0 Å². The summed E-state index contributed by atoms with van der Waals surface area (Å²) >= 11 is 0. The molecule has 2 aromatic rings. The highest BCUT2D eigenvalue weighted by Gasteiger charge is 2.11. The van der Waals surface area contributed by atoms with Gasteiger partial charge in [-0.05, 0) is 30.0 Å². The molecule has 3 heteroatoms. The molecule has 1 heterocycles. The molecule has 1 aliphatic rings. The van der Waals surface area contributed by atoms with Crippen LogP contribution < -0.4 is 10.6 Å². The predicted octanol–water partition coefficient (Wildman–Crippen LogP) is 3.47. The van der Waals surface area contributed by atoms with E-state index >= 15 is 0 Å². The Morgan fingerprint density at radius 3 is 2.70 bits per heavy atom. The van der Waals surface area contributed by atoms with Crippen LogP contribution in [0.25, 0.3) is 0 Å². The van der Waals surface area contributed by atoms with Gasteiger partial charge in [0.25, 0.3) is 0 Å². The minimum absolute atomic E-state index is 0.145. The maximum atomic E-state index is 13.5. The molecule has 20 heavy (non-hydrogen) atoms. The quantitative estimate of drug-likeness (QED) is 0.889. The predicted molar refractivity (Wildman–Crippen MR) is 80.2 cm³/mol. The topological polar surface area (TPSA) is 24.1 Å². The first-order valence-corrected chi connectivity index (χ1v) is 7.13. The molecule has 0 aliphatic carbocycles.